The van der Waals surface area contributed by atoms with E-state index >= 15 is 0 Å². The molecule has 0 saturated heterocycles. The second-order valence-corrected chi connectivity index (χ2v) is 7.36. The van der Waals surface area contributed by atoms with E-state index in [0.29, 0.717) is 15.6 Å². The smallest absolute Gasteiger partial charge is 0.343 e. The molecule has 0 aliphatic carbocycles. The molecule has 0 aliphatic rings. The van der Waals surface area contributed by atoms with Crippen molar-refractivity contribution in [2.45, 2.75) is 6.92 Å². The summed E-state index contributed by atoms with van der Waals surface area (Å²) in [6, 6.07) is 17.2. The van der Waals surface area contributed by atoms with Crippen LogP contribution in [-0.2, 0) is 0 Å². The number of benzene rings is 3. The van der Waals surface area contributed by atoms with Crippen molar-refractivity contribution < 1.29 is 19.2 Å². The molecule has 0 aliphatic heterocycles. The number of rotatable bonds is 6. The third-order valence-corrected chi connectivity index (χ3v) is 4.64. The minimum Gasteiger partial charge on any atom is -0.422 e. The molecule has 0 bridgehead atoms. The van der Waals surface area contributed by atoms with Crippen molar-refractivity contribution in [3.63, 3.8) is 0 Å². The molecular formula is C22H16BrN3O5. The molecule has 0 radical (unpaired) electrons. The molecule has 0 saturated carbocycles. The van der Waals surface area contributed by atoms with Crippen molar-refractivity contribution in [3.05, 3.63) is 104 Å². The number of amides is 1. The minimum atomic E-state index is -0.617. The van der Waals surface area contributed by atoms with Gasteiger partial charge in [0.15, 0.2) is 0 Å². The average molecular weight is 482 g/mol. The first-order valence-corrected chi connectivity index (χ1v) is 9.79. The van der Waals surface area contributed by atoms with Gasteiger partial charge in [0.2, 0.25) is 0 Å². The van der Waals surface area contributed by atoms with E-state index in [1.165, 1.54) is 24.4 Å². The van der Waals surface area contributed by atoms with Gasteiger partial charge in [-0.2, -0.15) is 5.10 Å². The van der Waals surface area contributed by atoms with Crippen LogP contribution < -0.4 is 10.2 Å². The zero-order valence-electron chi connectivity index (χ0n) is 16.2. The Morgan fingerprint density at radius 3 is 2.52 bits per heavy atom. The van der Waals surface area contributed by atoms with Gasteiger partial charge in [0.05, 0.1) is 16.7 Å². The fourth-order valence-corrected chi connectivity index (χ4v) is 2.93. The van der Waals surface area contributed by atoms with E-state index < -0.39 is 16.8 Å². The first-order valence-electron chi connectivity index (χ1n) is 9.00. The van der Waals surface area contributed by atoms with Crippen LogP contribution in [0.25, 0.3) is 0 Å². The third kappa shape index (κ3) is 5.83. The summed E-state index contributed by atoms with van der Waals surface area (Å²) in [5.41, 5.74) is 4.05. The van der Waals surface area contributed by atoms with Crippen LogP contribution >= 0.6 is 15.9 Å². The number of nitro groups is 1. The third-order valence-electron chi connectivity index (χ3n) is 4.15. The van der Waals surface area contributed by atoms with Gasteiger partial charge in [-0.1, -0.05) is 39.7 Å². The second kappa shape index (κ2) is 9.77. The monoisotopic (exact) mass is 481 g/mol. The Kier molecular flexibility index (Phi) is 6.88. The quantitative estimate of drug-likeness (QED) is 0.181. The lowest BCUT2D eigenvalue weighted by atomic mass is 10.1. The Bertz CT molecular complexity index is 1180. The van der Waals surface area contributed by atoms with E-state index in [0.717, 1.165) is 11.6 Å². The van der Waals surface area contributed by atoms with Crippen LogP contribution in [0.3, 0.4) is 0 Å². The summed E-state index contributed by atoms with van der Waals surface area (Å²) in [4.78, 5) is 34.9. The number of aryl methyl sites for hydroxylation is 1. The molecule has 8 nitrogen and oxygen atoms in total. The van der Waals surface area contributed by atoms with Crippen LogP contribution in [0.15, 0.2) is 76.3 Å². The first kappa shape index (κ1) is 21.8. The molecule has 0 atom stereocenters. The Morgan fingerprint density at radius 2 is 1.81 bits per heavy atom. The van der Waals surface area contributed by atoms with Gasteiger partial charge in [0, 0.05) is 27.7 Å². The predicted molar refractivity (Wildman–Crippen MR) is 118 cm³/mol. The lowest BCUT2D eigenvalue weighted by molar-refractivity contribution is -0.384. The molecule has 0 aromatic heterocycles. The average Bonchev–Trinajstić information content (AvgIpc) is 2.76. The molecule has 156 valence electrons. The van der Waals surface area contributed by atoms with E-state index in [1.807, 2.05) is 19.1 Å². The lowest BCUT2D eigenvalue weighted by Gasteiger charge is -2.08. The summed E-state index contributed by atoms with van der Waals surface area (Å²) in [5.74, 6) is -0.895. The fraction of sp³-hybridized carbons (Fsp3) is 0.0455. The Labute approximate surface area is 185 Å². The van der Waals surface area contributed by atoms with Gasteiger partial charge in [-0.25, -0.2) is 10.2 Å². The molecule has 31 heavy (non-hydrogen) atoms. The van der Waals surface area contributed by atoms with Crippen LogP contribution in [0.2, 0.25) is 0 Å². The van der Waals surface area contributed by atoms with Gasteiger partial charge < -0.3 is 4.74 Å². The molecule has 0 unspecified atom stereocenters. The SMILES string of the molecule is Cc1ccc(C(=O)Oc2ccc(Br)cc2C=NNC(=O)c2cccc([N+](=O)[O-])c2)cc1. The minimum absolute atomic E-state index is 0.0895. The number of hydrazone groups is 1. The van der Waals surface area contributed by atoms with E-state index in [4.69, 9.17) is 4.74 Å². The molecule has 3 aromatic carbocycles. The number of ether oxygens (including phenoxy) is 1. The number of nitro benzene ring substituents is 1. The van der Waals surface area contributed by atoms with E-state index in [-0.39, 0.29) is 17.0 Å². The molecular weight excluding hydrogens is 466 g/mol. The summed E-state index contributed by atoms with van der Waals surface area (Å²) in [5, 5.41) is 14.7. The maximum absolute atomic E-state index is 12.4. The summed E-state index contributed by atoms with van der Waals surface area (Å²) in [6.45, 7) is 1.92. The number of esters is 1. The summed E-state index contributed by atoms with van der Waals surface area (Å²) >= 11 is 3.34. The number of hydrogen-bond acceptors (Lipinski definition) is 6. The summed E-state index contributed by atoms with van der Waals surface area (Å²) < 4.78 is 6.19. The normalized spacial score (nSPS) is 10.6. The van der Waals surface area contributed by atoms with E-state index in [2.05, 4.69) is 26.5 Å². The van der Waals surface area contributed by atoms with Crippen molar-refractivity contribution in [2.24, 2.45) is 5.10 Å². The summed E-state index contributed by atoms with van der Waals surface area (Å²) in [7, 11) is 0. The number of carbonyl (C=O) groups excluding carboxylic acids is 2. The number of carbonyl (C=O) groups is 2. The molecule has 0 heterocycles. The van der Waals surface area contributed by atoms with Gasteiger partial charge >= 0.3 is 5.97 Å². The molecule has 1 N–H and O–H groups in total. The molecule has 9 heteroatoms. The van der Waals surface area contributed by atoms with Gasteiger partial charge in [0.1, 0.15) is 5.75 Å². The van der Waals surface area contributed by atoms with E-state index in [1.54, 1.807) is 30.3 Å². The number of nitrogens with one attached hydrogen (secondary N) is 1. The maximum Gasteiger partial charge on any atom is 0.343 e. The number of hydrogen-bond donors (Lipinski definition) is 1. The van der Waals surface area contributed by atoms with Crippen LogP contribution in [0.5, 0.6) is 5.75 Å². The van der Waals surface area contributed by atoms with Crippen molar-refractivity contribution >= 4 is 39.7 Å². The maximum atomic E-state index is 12.4. The lowest BCUT2D eigenvalue weighted by Crippen LogP contribution is -2.18. The Balaban J connectivity index is 1.74. The van der Waals surface area contributed by atoms with Gasteiger partial charge in [0.25, 0.3) is 11.6 Å². The van der Waals surface area contributed by atoms with Crippen molar-refractivity contribution in [1.29, 1.82) is 0 Å². The van der Waals surface area contributed by atoms with Crippen molar-refractivity contribution in [2.75, 3.05) is 0 Å². The highest BCUT2D eigenvalue weighted by molar-refractivity contribution is 9.10. The van der Waals surface area contributed by atoms with E-state index in [9.17, 15) is 19.7 Å². The van der Waals surface area contributed by atoms with Crippen LogP contribution in [-0.4, -0.2) is 23.0 Å². The first-order chi connectivity index (χ1) is 14.8. The van der Waals surface area contributed by atoms with Crippen LogP contribution in [0, 0.1) is 17.0 Å². The zero-order chi connectivity index (χ0) is 22.4. The van der Waals surface area contributed by atoms with Crippen LogP contribution in [0.4, 0.5) is 5.69 Å². The van der Waals surface area contributed by atoms with Gasteiger partial charge in [-0.05, 0) is 43.3 Å². The fourth-order valence-electron chi connectivity index (χ4n) is 2.55. The number of halogens is 1. The second-order valence-electron chi connectivity index (χ2n) is 6.44. The molecule has 0 fully saturated rings. The topological polar surface area (TPSA) is 111 Å². The van der Waals surface area contributed by atoms with Crippen molar-refractivity contribution in [1.82, 2.24) is 5.43 Å². The standard InChI is InChI=1S/C22H16BrN3O5/c1-14-5-7-15(8-6-14)22(28)31-20-10-9-18(23)11-17(20)13-24-25-21(27)16-3-2-4-19(12-16)26(29)30/h2-13H,1H3,(H,25,27). The molecule has 1 amide bonds. The zero-order valence-corrected chi connectivity index (χ0v) is 17.8. The number of nitrogens with zero attached hydrogens (tertiary/aromatic N) is 2. The number of non-ortho nitro benzene ring substituents is 1. The highest BCUT2D eigenvalue weighted by Gasteiger charge is 2.13. The Hall–Kier alpha value is -3.85. The largest absolute Gasteiger partial charge is 0.422 e. The predicted octanol–water partition coefficient (Wildman–Crippen LogP) is 4.65. The van der Waals surface area contributed by atoms with Gasteiger partial charge in [-0.3, -0.25) is 14.9 Å². The molecule has 0 spiro atoms. The Morgan fingerprint density at radius 1 is 1.06 bits per heavy atom. The highest BCUT2D eigenvalue weighted by atomic mass is 79.9. The summed E-state index contributed by atoms with van der Waals surface area (Å²) in [6.07, 6.45) is 1.32. The molecule has 3 rings (SSSR count). The van der Waals surface area contributed by atoms with Crippen molar-refractivity contribution in [3.8, 4) is 5.75 Å². The molecule has 3 aromatic rings. The van der Waals surface area contributed by atoms with Crippen LogP contribution in [0.1, 0.15) is 31.8 Å². The van der Waals surface area contributed by atoms with Gasteiger partial charge in [-0.15, -0.1) is 0 Å². The highest BCUT2D eigenvalue weighted by Crippen LogP contribution is 2.23.